The van der Waals surface area contributed by atoms with E-state index in [4.69, 9.17) is 9.84 Å². The van der Waals surface area contributed by atoms with Gasteiger partial charge in [-0.2, -0.15) is 0 Å². The molecule has 0 spiro atoms. The van der Waals surface area contributed by atoms with Crippen LogP contribution >= 0.6 is 0 Å². The van der Waals surface area contributed by atoms with Gasteiger partial charge in [-0.25, -0.2) is 9.59 Å². The van der Waals surface area contributed by atoms with E-state index >= 15 is 0 Å². The summed E-state index contributed by atoms with van der Waals surface area (Å²) >= 11 is 0. The molecule has 2 rings (SSSR count). The van der Waals surface area contributed by atoms with Crippen LogP contribution in [-0.2, 0) is 13.6 Å². The molecule has 19 heavy (non-hydrogen) atoms. The number of benzene rings is 1. The second kappa shape index (κ2) is 5.01. The number of methoxy groups -OCH3 is 1. The summed E-state index contributed by atoms with van der Waals surface area (Å²) in [6.45, 7) is 0.371. The van der Waals surface area contributed by atoms with E-state index in [0.29, 0.717) is 6.54 Å². The highest BCUT2D eigenvalue weighted by Gasteiger charge is 2.11. The van der Waals surface area contributed by atoms with Crippen molar-refractivity contribution in [1.29, 1.82) is 0 Å². The fourth-order valence-electron chi connectivity index (χ4n) is 1.84. The first-order valence-electron chi connectivity index (χ1n) is 5.65. The van der Waals surface area contributed by atoms with Gasteiger partial charge in [-0.1, -0.05) is 6.07 Å². The van der Waals surface area contributed by atoms with Crippen molar-refractivity contribution in [3.63, 3.8) is 0 Å². The molecule has 0 atom stereocenters. The third-order valence-electron chi connectivity index (χ3n) is 2.87. The van der Waals surface area contributed by atoms with Crippen LogP contribution in [0.5, 0.6) is 5.75 Å². The number of carboxylic acid groups (broad SMARTS) is 1. The molecular weight excluding hydrogens is 248 g/mol. The van der Waals surface area contributed by atoms with E-state index in [1.807, 2.05) is 0 Å². The van der Waals surface area contributed by atoms with Gasteiger partial charge in [0, 0.05) is 19.4 Å². The van der Waals surface area contributed by atoms with Crippen molar-refractivity contribution in [2.75, 3.05) is 7.11 Å². The van der Waals surface area contributed by atoms with Gasteiger partial charge in [0.1, 0.15) is 11.3 Å². The molecule has 1 aromatic carbocycles. The Morgan fingerprint density at radius 2 is 2.11 bits per heavy atom. The lowest BCUT2D eigenvalue weighted by Gasteiger charge is -2.08. The predicted octanol–water partition coefficient (Wildman–Crippen LogP) is 0.942. The molecule has 0 fully saturated rings. The van der Waals surface area contributed by atoms with Gasteiger partial charge in [0.2, 0.25) is 0 Å². The van der Waals surface area contributed by atoms with Gasteiger partial charge in [0.15, 0.2) is 0 Å². The number of aryl methyl sites for hydroxylation is 1. The third kappa shape index (κ3) is 2.52. The van der Waals surface area contributed by atoms with Crippen LogP contribution < -0.4 is 10.4 Å². The van der Waals surface area contributed by atoms with Crippen molar-refractivity contribution in [1.82, 2.24) is 9.13 Å². The minimum Gasteiger partial charge on any atom is -0.496 e. The van der Waals surface area contributed by atoms with E-state index in [2.05, 4.69) is 0 Å². The number of carbonyl (C=O) groups is 1. The van der Waals surface area contributed by atoms with Crippen LogP contribution in [0.1, 0.15) is 15.9 Å². The smallest absolute Gasteiger partial charge is 0.339 e. The molecule has 1 aromatic heterocycles. The average molecular weight is 262 g/mol. The van der Waals surface area contributed by atoms with Gasteiger partial charge in [-0.3, -0.25) is 4.57 Å². The van der Waals surface area contributed by atoms with Gasteiger partial charge in [0.05, 0.1) is 13.7 Å². The second-order valence-corrected chi connectivity index (χ2v) is 4.16. The van der Waals surface area contributed by atoms with Crippen LogP contribution in [-0.4, -0.2) is 27.3 Å². The largest absolute Gasteiger partial charge is 0.496 e. The van der Waals surface area contributed by atoms with Gasteiger partial charge in [0.25, 0.3) is 0 Å². The topological polar surface area (TPSA) is 73.5 Å². The molecule has 2 aromatic rings. The SMILES string of the molecule is COc1cc(Cn2ccn(C)c2=O)ccc1C(=O)O. The number of nitrogens with zero attached hydrogens (tertiary/aromatic N) is 2. The Hall–Kier alpha value is -2.50. The molecule has 6 nitrogen and oxygen atoms in total. The molecule has 0 bridgehead atoms. The highest BCUT2D eigenvalue weighted by Crippen LogP contribution is 2.20. The van der Waals surface area contributed by atoms with Crippen LogP contribution in [0.4, 0.5) is 0 Å². The van der Waals surface area contributed by atoms with Crippen molar-refractivity contribution in [3.05, 3.63) is 52.2 Å². The van der Waals surface area contributed by atoms with E-state index in [1.54, 1.807) is 31.6 Å². The van der Waals surface area contributed by atoms with Crippen LogP contribution in [0.15, 0.2) is 35.4 Å². The molecule has 0 aliphatic carbocycles. The number of aromatic nitrogens is 2. The lowest BCUT2D eigenvalue weighted by atomic mass is 10.1. The number of ether oxygens (including phenoxy) is 1. The monoisotopic (exact) mass is 262 g/mol. The molecule has 0 aliphatic rings. The van der Waals surface area contributed by atoms with Gasteiger partial charge in [-0.05, 0) is 17.7 Å². The Kier molecular flexibility index (Phi) is 3.41. The minimum atomic E-state index is -1.04. The Bertz CT molecular complexity index is 670. The molecule has 1 heterocycles. The zero-order valence-corrected chi connectivity index (χ0v) is 10.7. The maximum absolute atomic E-state index is 11.7. The second-order valence-electron chi connectivity index (χ2n) is 4.16. The van der Waals surface area contributed by atoms with Crippen LogP contribution in [0.3, 0.4) is 0 Å². The number of imidazole rings is 1. The van der Waals surface area contributed by atoms with Crippen LogP contribution in [0.2, 0.25) is 0 Å². The molecule has 0 radical (unpaired) electrons. The molecule has 0 amide bonds. The van der Waals surface area contributed by atoms with Crippen LogP contribution in [0, 0.1) is 0 Å². The van der Waals surface area contributed by atoms with Crippen LogP contribution in [0.25, 0.3) is 0 Å². The predicted molar refractivity (Wildman–Crippen MR) is 68.7 cm³/mol. The van der Waals surface area contributed by atoms with Crippen molar-refractivity contribution >= 4 is 5.97 Å². The van der Waals surface area contributed by atoms with Gasteiger partial charge >= 0.3 is 11.7 Å². The zero-order chi connectivity index (χ0) is 14.0. The minimum absolute atomic E-state index is 0.103. The fourth-order valence-corrected chi connectivity index (χ4v) is 1.84. The summed E-state index contributed by atoms with van der Waals surface area (Å²) in [4.78, 5) is 22.7. The molecule has 100 valence electrons. The normalized spacial score (nSPS) is 10.4. The van der Waals surface area contributed by atoms with E-state index in [1.165, 1.54) is 22.3 Å². The number of hydrogen-bond acceptors (Lipinski definition) is 3. The maximum Gasteiger partial charge on any atom is 0.339 e. The highest BCUT2D eigenvalue weighted by molar-refractivity contribution is 5.90. The third-order valence-corrected chi connectivity index (χ3v) is 2.87. The summed E-state index contributed by atoms with van der Waals surface area (Å²) < 4.78 is 8.06. The molecule has 0 unspecified atom stereocenters. The lowest BCUT2D eigenvalue weighted by Crippen LogP contribution is -2.22. The zero-order valence-electron chi connectivity index (χ0n) is 10.7. The average Bonchev–Trinajstić information content (AvgIpc) is 2.70. The Morgan fingerprint density at radius 1 is 1.37 bits per heavy atom. The first kappa shape index (κ1) is 12.9. The first-order valence-corrected chi connectivity index (χ1v) is 5.65. The van der Waals surface area contributed by atoms with Crippen molar-refractivity contribution in [3.8, 4) is 5.75 Å². The highest BCUT2D eigenvalue weighted by atomic mass is 16.5. The van der Waals surface area contributed by atoms with E-state index in [-0.39, 0.29) is 17.0 Å². The Morgan fingerprint density at radius 3 is 2.63 bits per heavy atom. The maximum atomic E-state index is 11.7. The summed E-state index contributed by atoms with van der Waals surface area (Å²) in [6, 6.07) is 4.78. The molecule has 0 aliphatic heterocycles. The number of rotatable bonds is 4. The number of carboxylic acids is 1. The molecule has 0 saturated heterocycles. The number of hydrogen-bond donors (Lipinski definition) is 1. The summed E-state index contributed by atoms with van der Waals surface area (Å²) in [5.41, 5.74) is 0.781. The van der Waals surface area contributed by atoms with E-state index in [0.717, 1.165) is 5.56 Å². The molecule has 6 heteroatoms. The quantitative estimate of drug-likeness (QED) is 0.890. The number of aromatic carboxylic acids is 1. The van der Waals surface area contributed by atoms with E-state index < -0.39 is 5.97 Å². The molecular formula is C13H14N2O4. The van der Waals surface area contributed by atoms with Crippen molar-refractivity contribution < 1.29 is 14.6 Å². The Labute approximate surface area is 109 Å². The standard InChI is InChI=1S/C13H14N2O4/c1-14-5-6-15(13(14)18)8-9-3-4-10(12(16)17)11(7-9)19-2/h3-7H,8H2,1-2H3,(H,16,17). The molecule has 1 N–H and O–H groups in total. The van der Waals surface area contributed by atoms with Gasteiger partial charge in [-0.15, -0.1) is 0 Å². The summed E-state index contributed by atoms with van der Waals surface area (Å²) in [5, 5.41) is 8.99. The summed E-state index contributed by atoms with van der Waals surface area (Å²) in [6.07, 6.45) is 3.35. The van der Waals surface area contributed by atoms with Crippen molar-refractivity contribution in [2.24, 2.45) is 7.05 Å². The summed E-state index contributed by atoms with van der Waals surface area (Å²) in [7, 11) is 3.09. The molecule has 0 saturated carbocycles. The van der Waals surface area contributed by atoms with Gasteiger partial charge < -0.3 is 14.4 Å². The summed E-state index contributed by atoms with van der Waals surface area (Å²) in [5.74, 6) is -0.755. The fraction of sp³-hybridized carbons (Fsp3) is 0.231. The Balaban J connectivity index is 2.34. The van der Waals surface area contributed by atoms with E-state index in [9.17, 15) is 9.59 Å². The van der Waals surface area contributed by atoms with Crippen molar-refractivity contribution in [2.45, 2.75) is 6.54 Å². The first-order chi connectivity index (χ1) is 9.02. The lowest BCUT2D eigenvalue weighted by molar-refractivity contribution is 0.0693.